The Morgan fingerprint density at radius 2 is 2.08 bits per heavy atom. The van der Waals surface area contributed by atoms with Crippen molar-refractivity contribution in [1.82, 2.24) is 15.5 Å². The van der Waals surface area contributed by atoms with E-state index in [1.807, 2.05) is 13.8 Å². The van der Waals surface area contributed by atoms with Crippen LogP contribution in [0.1, 0.15) is 32.6 Å². The van der Waals surface area contributed by atoms with E-state index < -0.39 is 0 Å². The van der Waals surface area contributed by atoms with Crippen molar-refractivity contribution in [1.29, 1.82) is 0 Å². The summed E-state index contributed by atoms with van der Waals surface area (Å²) in [6, 6.07) is 0. The van der Waals surface area contributed by atoms with Crippen molar-refractivity contribution in [3.63, 3.8) is 0 Å². The van der Waals surface area contributed by atoms with Gasteiger partial charge in [-0.1, -0.05) is 13.8 Å². The van der Waals surface area contributed by atoms with Gasteiger partial charge in [-0.2, -0.15) is 0 Å². The molecule has 74 valence electrons. The van der Waals surface area contributed by atoms with E-state index in [1.54, 1.807) is 6.92 Å². The number of nitrogens with zero attached hydrogens (tertiary/aromatic N) is 2. The smallest absolute Gasteiger partial charge is 0.235 e. The zero-order chi connectivity index (χ0) is 10.3. The van der Waals surface area contributed by atoms with E-state index in [0.29, 0.717) is 18.3 Å². The minimum atomic E-state index is -0.110. The molecule has 0 atom stereocenters. The van der Waals surface area contributed by atoms with Crippen molar-refractivity contribution in [2.45, 2.75) is 34.2 Å². The summed E-state index contributed by atoms with van der Waals surface area (Å²) in [6.45, 7) is 7.43. The van der Waals surface area contributed by atoms with Crippen LogP contribution in [-0.4, -0.2) is 16.1 Å². The van der Waals surface area contributed by atoms with E-state index in [1.165, 1.54) is 6.92 Å². The molecule has 0 aliphatic rings. The number of hydrogen-bond donors (Lipinski definition) is 1. The molecule has 1 heterocycles. The molecule has 1 aromatic heterocycles. The Labute approximate surface area is 77.5 Å². The second-order valence-electron chi connectivity index (χ2n) is 2.12. The maximum absolute atomic E-state index is 10.4. The van der Waals surface area contributed by atoms with Gasteiger partial charge in [0.15, 0.2) is 0 Å². The number of amides is 1. The van der Waals surface area contributed by atoms with Crippen molar-refractivity contribution in [3.8, 4) is 0 Å². The first-order valence-electron chi connectivity index (χ1n) is 4.22. The Kier molecular flexibility index (Phi) is 5.50. The highest BCUT2D eigenvalue weighted by Crippen LogP contribution is 1.95. The van der Waals surface area contributed by atoms with Crippen molar-refractivity contribution in [2.75, 3.05) is 0 Å². The molecule has 0 saturated heterocycles. The highest BCUT2D eigenvalue weighted by atomic mass is 16.4. The number of hydrogen-bond acceptors (Lipinski definition) is 4. The van der Waals surface area contributed by atoms with E-state index in [-0.39, 0.29) is 5.91 Å². The van der Waals surface area contributed by atoms with Crippen LogP contribution < -0.4 is 5.32 Å². The molecule has 1 N–H and O–H groups in total. The number of rotatable bonds is 2. The lowest BCUT2D eigenvalue weighted by Gasteiger charge is -1.93. The number of nitrogens with one attached hydrogen (secondary N) is 1. The number of carbonyl (C=O) groups excluding carboxylic acids is 1. The third kappa shape index (κ3) is 4.95. The molecule has 0 aromatic carbocycles. The summed E-state index contributed by atoms with van der Waals surface area (Å²) >= 11 is 0. The highest BCUT2D eigenvalue weighted by Gasteiger charge is 2.01. The summed E-state index contributed by atoms with van der Waals surface area (Å²) in [5.41, 5.74) is 0. The first-order chi connectivity index (χ1) is 6.18. The largest absolute Gasteiger partial charge is 0.424 e. The third-order valence-corrected chi connectivity index (χ3v) is 1.06. The second kappa shape index (κ2) is 6.16. The summed E-state index contributed by atoms with van der Waals surface area (Å²) in [5, 5.41) is 9.82. The zero-order valence-corrected chi connectivity index (χ0v) is 8.42. The third-order valence-electron chi connectivity index (χ3n) is 1.06. The lowest BCUT2D eigenvalue weighted by Crippen LogP contribution is -2.18. The zero-order valence-electron chi connectivity index (χ0n) is 8.42. The van der Waals surface area contributed by atoms with E-state index in [9.17, 15) is 4.79 Å². The van der Waals surface area contributed by atoms with Crippen LogP contribution in [0.15, 0.2) is 4.42 Å². The summed E-state index contributed by atoms with van der Waals surface area (Å²) in [5.74, 6) is 0.823. The van der Waals surface area contributed by atoms with Crippen molar-refractivity contribution in [2.24, 2.45) is 0 Å². The first kappa shape index (κ1) is 11.6. The molecule has 0 fully saturated rings. The van der Waals surface area contributed by atoms with Gasteiger partial charge < -0.3 is 9.73 Å². The maximum Gasteiger partial charge on any atom is 0.235 e. The fourth-order valence-electron chi connectivity index (χ4n) is 0.609. The van der Waals surface area contributed by atoms with Gasteiger partial charge >= 0.3 is 0 Å². The number of carbonyl (C=O) groups is 1. The Hall–Kier alpha value is -1.39. The van der Waals surface area contributed by atoms with Crippen LogP contribution in [0.5, 0.6) is 0 Å². The Balaban J connectivity index is 0.000000671. The average Bonchev–Trinajstić information content (AvgIpc) is 2.52. The molecule has 1 rings (SSSR count). The first-order valence-corrected chi connectivity index (χ1v) is 4.22. The SMILES string of the molecule is CC.CC(=O)NCc1nnc(C)o1. The molecular formula is C8H15N3O2. The van der Waals surface area contributed by atoms with E-state index in [2.05, 4.69) is 15.5 Å². The van der Waals surface area contributed by atoms with E-state index >= 15 is 0 Å². The van der Waals surface area contributed by atoms with Gasteiger partial charge in [0, 0.05) is 13.8 Å². The number of aryl methyl sites for hydroxylation is 1. The predicted octanol–water partition coefficient (Wildman–Crippen LogP) is 1.04. The molecule has 5 nitrogen and oxygen atoms in total. The lowest BCUT2D eigenvalue weighted by atomic mass is 10.6. The molecule has 1 amide bonds. The topological polar surface area (TPSA) is 68.0 Å². The van der Waals surface area contributed by atoms with Crippen LogP contribution in [0, 0.1) is 6.92 Å². The standard InChI is InChI=1S/C6H9N3O2.C2H6/c1-4(10)7-3-6-9-8-5(2)11-6;1-2/h3H2,1-2H3,(H,7,10);1-2H3. The monoisotopic (exact) mass is 185 g/mol. The normalized spacial score (nSPS) is 8.62. The molecule has 0 radical (unpaired) electrons. The minimum Gasteiger partial charge on any atom is -0.424 e. The molecule has 0 bridgehead atoms. The summed E-state index contributed by atoms with van der Waals surface area (Å²) in [6.07, 6.45) is 0. The van der Waals surface area contributed by atoms with Crippen molar-refractivity contribution >= 4 is 5.91 Å². The summed E-state index contributed by atoms with van der Waals surface area (Å²) < 4.78 is 5.00. The Morgan fingerprint density at radius 3 is 2.46 bits per heavy atom. The van der Waals surface area contributed by atoms with Gasteiger partial charge in [-0.3, -0.25) is 4.79 Å². The van der Waals surface area contributed by atoms with E-state index in [0.717, 1.165) is 0 Å². The van der Waals surface area contributed by atoms with E-state index in [4.69, 9.17) is 4.42 Å². The predicted molar refractivity (Wildman–Crippen MR) is 47.9 cm³/mol. The molecule has 0 unspecified atom stereocenters. The Bertz CT molecular complexity index is 258. The van der Waals surface area contributed by atoms with Gasteiger partial charge in [0.2, 0.25) is 17.7 Å². The highest BCUT2D eigenvalue weighted by molar-refractivity contribution is 5.72. The van der Waals surface area contributed by atoms with Crippen LogP contribution in [0.3, 0.4) is 0 Å². The van der Waals surface area contributed by atoms with Gasteiger partial charge in [-0.15, -0.1) is 10.2 Å². The summed E-state index contributed by atoms with van der Waals surface area (Å²) in [7, 11) is 0. The van der Waals surface area contributed by atoms with Crippen LogP contribution in [0.4, 0.5) is 0 Å². The Morgan fingerprint density at radius 1 is 1.46 bits per heavy atom. The summed E-state index contributed by atoms with van der Waals surface area (Å²) in [4.78, 5) is 10.4. The van der Waals surface area contributed by atoms with Gasteiger partial charge in [0.25, 0.3) is 0 Å². The average molecular weight is 185 g/mol. The molecular weight excluding hydrogens is 170 g/mol. The molecule has 5 heteroatoms. The fraction of sp³-hybridized carbons (Fsp3) is 0.625. The molecule has 0 aliphatic heterocycles. The molecule has 0 aliphatic carbocycles. The maximum atomic E-state index is 10.4. The van der Waals surface area contributed by atoms with Crippen LogP contribution in [-0.2, 0) is 11.3 Å². The van der Waals surface area contributed by atoms with Crippen LogP contribution in [0.2, 0.25) is 0 Å². The molecule has 13 heavy (non-hydrogen) atoms. The number of aromatic nitrogens is 2. The van der Waals surface area contributed by atoms with Gasteiger partial charge in [-0.05, 0) is 0 Å². The fourth-order valence-corrected chi connectivity index (χ4v) is 0.609. The van der Waals surface area contributed by atoms with Gasteiger partial charge in [-0.25, -0.2) is 0 Å². The minimum absolute atomic E-state index is 0.110. The second-order valence-corrected chi connectivity index (χ2v) is 2.12. The van der Waals surface area contributed by atoms with Gasteiger partial charge in [0.05, 0.1) is 6.54 Å². The van der Waals surface area contributed by atoms with Crippen molar-refractivity contribution in [3.05, 3.63) is 11.8 Å². The molecule has 0 saturated carbocycles. The quantitative estimate of drug-likeness (QED) is 0.747. The van der Waals surface area contributed by atoms with Crippen LogP contribution in [0.25, 0.3) is 0 Å². The van der Waals surface area contributed by atoms with Crippen molar-refractivity contribution < 1.29 is 9.21 Å². The molecule has 1 aromatic rings. The lowest BCUT2D eigenvalue weighted by molar-refractivity contribution is -0.119. The van der Waals surface area contributed by atoms with Crippen LogP contribution >= 0.6 is 0 Å². The molecule has 0 spiro atoms. The van der Waals surface area contributed by atoms with Gasteiger partial charge in [0.1, 0.15) is 0 Å².